The van der Waals surface area contributed by atoms with Crippen LogP contribution in [0.25, 0.3) is 0 Å². The lowest BCUT2D eigenvalue weighted by Crippen LogP contribution is -2.16. The standard InChI is InChI=1S/C12H18N2O2/c1-9(2)16-11-5-3-10(4-6-11)14-12(15)7-8-13/h3-6,9H,7-8,13H2,1-2H3,(H,14,15). The van der Waals surface area contributed by atoms with Crippen LogP contribution in [0, 0.1) is 0 Å². The molecule has 3 N–H and O–H groups in total. The molecule has 0 aliphatic carbocycles. The summed E-state index contributed by atoms with van der Waals surface area (Å²) >= 11 is 0. The van der Waals surface area contributed by atoms with E-state index in [9.17, 15) is 4.79 Å². The zero-order valence-corrected chi connectivity index (χ0v) is 9.69. The van der Waals surface area contributed by atoms with E-state index >= 15 is 0 Å². The molecule has 4 nitrogen and oxygen atoms in total. The lowest BCUT2D eigenvalue weighted by molar-refractivity contribution is -0.116. The summed E-state index contributed by atoms with van der Waals surface area (Å²) in [4.78, 5) is 11.3. The number of ether oxygens (including phenoxy) is 1. The number of carbonyl (C=O) groups is 1. The molecule has 1 aromatic rings. The Kier molecular flexibility index (Phi) is 4.79. The third-order valence-corrected chi connectivity index (χ3v) is 1.88. The maximum Gasteiger partial charge on any atom is 0.225 e. The van der Waals surface area contributed by atoms with E-state index in [1.165, 1.54) is 0 Å². The first-order valence-electron chi connectivity index (χ1n) is 5.38. The molecule has 0 fully saturated rings. The summed E-state index contributed by atoms with van der Waals surface area (Å²) in [6, 6.07) is 7.29. The van der Waals surface area contributed by atoms with Crippen LogP contribution < -0.4 is 15.8 Å². The van der Waals surface area contributed by atoms with Crippen LogP contribution in [-0.4, -0.2) is 18.6 Å². The SMILES string of the molecule is CC(C)Oc1ccc(NC(=O)CCN)cc1. The van der Waals surface area contributed by atoms with Crippen molar-refractivity contribution >= 4 is 11.6 Å². The second-order valence-electron chi connectivity index (χ2n) is 3.78. The minimum Gasteiger partial charge on any atom is -0.491 e. The fourth-order valence-corrected chi connectivity index (χ4v) is 1.24. The number of carbonyl (C=O) groups excluding carboxylic acids is 1. The van der Waals surface area contributed by atoms with Crippen LogP contribution in [0.15, 0.2) is 24.3 Å². The number of anilines is 1. The lowest BCUT2D eigenvalue weighted by atomic mass is 10.3. The Morgan fingerprint density at radius 3 is 2.50 bits per heavy atom. The van der Waals surface area contributed by atoms with Crippen LogP contribution in [0.3, 0.4) is 0 Å². The summed E-state index contributed by atoms with van der Waals surface area (Å²) in [5.74, 6) is 0.729. The molecule has 0 saturated heterocycles. The van der Waals surface area contributed by atoms with Gasteiger partial charge < -0.3 is 15.8 Å². The van der Waals surface area contributed by atoms with Crippen molar-refractivity contribution in [2.45, 2.75) is 26.4 Å². The Morgan fingerprint density at radius 1 is 1.38 bits per heavy atom. The van der Waals surface area contributed by atoms with Gasteiger partial charge in [0.25, 0.3) is 0 Å². The van der Waals surface area contributed by atoms with Gasteiger partial charge in [-0.1, -0.05) is 0 Å². The molecule has 16 heavy (non-hydrogen) atoms. The predicted octanol–water partition coefficient (Wildman–Crippen LogP) is 1.76. The van der Waals surface area contributed by atoms with E-state index in [-0.39, 0.29) is 12.0 Å². The molecule has 0 bridgehead atoms. The van der Waals surface area contributed by atoms with Gasteiger partial charge in [0, 0.05) is 18.7 Å². The number of nitrogens with two attached hydrogens (primary N) is 1. The zero-order valence-electron chi connectivity index (χ0n) is 9.69. The molecule has 0 atom stereocenters. The van der Waals surface area contributed by atoms with Crippen molar-refractivity contribution in [2.24, 2.45) is 5.73 Å². The summed E-state index contributed by atoms with van der Waals surface area (Å²) in [6.45, 7) is 4.30. The van der Waals surface area contributed by atoms with E-state index < -0.39 is 0 Å². The first-order chi connectivity index (χ1) is 7.61. The molecule has 0 aliphatic heterocycles. The number of benzene rings is 1. The number of nitrogens with one attached hydrogen (secondary N) is 1. The maximum absolute atomic E-state index is 11.3. The third-order valence-electron chi connectivity index (χ3n) is 1.88. The summed E-state index contributed by atoms with van der Waals surface area (Å²) in [7, 11) is 0. The second kappa shape index (κ2) is 6.12. The summed E-state index contributed by atoms with van der Waals surface area (Å²) < 4.78 is 5.49. The summed E-state index contributed by atoms with van der Waals surface area (Å²) in [6.07, 6.45) is 0.488. The second-order valence-corrected chi connectivity index (χ2v) is 3.78. The Hall–Kier alpha value is -1.55. The molecule has 0 aromatic heterocycles. The molecule has 0 saturated carbocycles. The normalized spacial score (nSPS) is 10.2. The molecule has 1 rings (SSSR count). The van der Waals surface area contributed by atoms with Crippen LogP contribution >= 0.6 is 0 Å². The van der Waals surface area contributed by atoms with Gasteiger partial charge in [0.1, 0.15) is 5.75 Å². The average molecular weight is 222 g/mol. The highest BCUT2D eigenvalue weighted by Crippen LogP contribution is 2.16. The molecule has 1 amide bonds. The van der Waals surface area contributed by atoms with Crippen molar-refractivity contribution in [3.8, 4) is 5.75 Å². The Balaban J connectivity index is 2.54. The van der Waals surface area contributed by atoms with E-state index in [2.05, 4.69) is 5.32 Å². The first-order valence-corrected chi connectivity index (χ1v) is 5.38. The largest absolute Gasteiger partial charge is 0.491 e. The molecule has 0 radical (unpaired) electrons. The lowest BCUT2D eigenvalue weighted by Gasteiger charge is -2.10. The van der Waals surface area contributed by atoms with E-state index in [4.69, 9.17) is 10.5 Å². The number of hydrogen-bond acceptors (Lipinski definition) is 3. The maximum atomic E-state index is 11.3. The Morgan fingerprint density at radius 2 is 2.00 bits per heavy atom. The minimum absolute atomic E-state index is 0.0694. The van der Waals surface area contributed by atoms with E-state index in [0.29, 0.717) is 13.0 Å². The molecule has 0 aliphatic rings. The van der Waals surface area contributed by atoms with Crippen molar-refractivity contribution < 1.29 is 9.53 Å². The Bertz CT molecular complexity index is 333. The van der Waals surface area contributed by atoms with Crippen LogP contribution in [0.4, 0.5) is 5.69 Å². The highest BCUT2D eigenvalue weighted by Gasteiger charge is 2.01. The van der Waals surface area contributed by atoms with Crippen molar-refractivity contribution in [1.29, 1.82) is 0 Å². The summed E-state index contributed by atoms with van der Waals surface area (Å²) in [5.41, 5.74) is 6.04. The minimum atomic E-state index is -0.0694. The molecule has 0 spiro atoms. The van der Waals surface area contributed by atoms with Crippen molar-refractivity contribution in [1.82, 2.24) is 0 Å². The third kappa shape index (κ3) is 4.31. The smallest absolute Gasteiger partial charge is 0.225 e. The quantitative estimate of drug-likeness (QED) is 0.798. The van der Waals surface area contributed by atoms with Gasteiger partial charge in [-0.15, -0.1) is 0 Å². The van der Waals surface area contributed by atoms with E-state index in [1.54, 1.807) is 0 Å². The van der Waals surface area contributed by atoms with Crippen molar-refractivity contribution in [2.75, 3.05) is 11.9 Å². The first kappa shape index (κ1) is 12.5. The number of hydrogen-bond donors (Lipinski definition) is 2. The Labute approximate surface area is 95.8 Å². The van der Waals surface area contributed by atoms with Gasteiger partial charge in [0.2, 0.25) is 5.91 Å². The van der Waals surface area contributed by atoms with Gasteiger partial charge in [-0.05, 0) is 38.1 Å². The monoisotopic (exact) mass is 222 g/mol. The highest BCUT2D eigenvalue weighted by molar-refractivity contribution is 5.90. The molecule has 0 heterocycles. The van der Waals surface area contributed by atoms with Gasteiger partial charge >= 0.3 is 0 Å². The number of amides is 1. The average Bonchev–Trinajstić information content (AvgIpc) is 2.20. The fourth-order valence-electron chi connectivity index (χ4n) is 1.24. The molecule has 1 aromatic carbocycles. The van der Waals surface area contributed by atoms with E-state index in [1.807, 2.05) is 38.1 Å². The highest BCUT2D eigenvalue weighted by atomic mass is 16.5. The van der Waals surface area contributed by atoms with Gasteiger partial charge in [0.15, 0.2) is 0 Å². The molecule has 0 unspecified atom stereocenters. The van der Waals surface area contributed by atoms with Crippen molar-refractivity contribution in [3.05, 3.63) is 24.3 Å². The summed E-state index contributed by atoms with van der Waals surface area (Å²) in [5, 5.41) is 2.75. The van der Waals surface area contributed by atoms with Crippen LogP contribution in [-0.2, 0) is 4.79 Å². The van der Waals surface area contributed by atoms with Gasteiger partial charge in [0.05, 0.1) is 6.10 Å². The van der Waals surface area contributed by atoms with E-state index in [0.717, 1.165) is 11.4 Å². The zero-order chi connectivity index (χ0) is 12.0. The predicted molar refractivity (Wildman–Crippen MR) is 64.5 cm³/mol. The molecule has 4 heteroatoms. The topological polar surface area (TPSA) is 64.3 Å². The van der Waals surface area contributed by atoms with Gasteiger partial charge in [-0.3, -0.25) is 4.79 Å². The van der Waals surface area contributed by atoms with Gasteiger partial charge in [-0.2, -0.15) is 0 Å². The van der Waals surface area contributed by atoms with Crippen LogP contribution in [0.5, 0.6) is 5.75 Å². The fraction of sp³-hybridized carbons (Fsp3) is 0.417. The van der Waals surface area contributed by atoms with Crippen LogP contribution in [0.1, 0.15) is 20.3 Å². The van der Waals surface area contributed by atoms with Gasteiger partial charge in [-0.25, -0.2) is 0 Å². The van der Waals surface area contributed by atoms with Crippen molar-refractivity contribution in [3.63, 3.8) is 0 Å². The number of rotatable bonds is 5. The molecule has 88 valence electrons. The van der Waals surface area contributed by atoms with Crippen LogP contribution in [0.2, 0.25) is 0 Å². The molecular formula is C12H18N2O2. The molecular weight excluding hydrogens is 204 g/mol.